The fourth-order valence-electron chi connectivity index (χ4n) is 1.26. The summed E-state index contributed by atoms with van der Waals surface area (Å²) in [5.74, 6) is 0.478. The highest BCUT2D eigenvalue weighted by Crippen LogP contribution is 2.07. The van der Waals surface area contributed by atoms with E-state index in [4.69, 9.17) is 11.6 Å². The van der Waals surface area contributed by atoms with E-state index < -0.39 is 0 Å². The van der Waals surface area contributed by atoms with Crippen LogP contribution in [0.15, 0.2) is 22.8 Å². The van der Waals surface area contributed by atoms with E-state index in [1.165, 1.54) is 0 Å². The van der Waals surface area contributed by atoms with Crippen molar-refractivity contribution in [2.24, 2.45) is 0 Å². The quantitative estimate of drug-likeness (QED) is 0.850. The Morgan fingerprint density at radius 2 is 2.38 bits per heavy atom. The molecule has 1 heterocycles. The molecule has 1 aromatic heterocycles. The van der Waals surface area contributed by atoms with E-state index in [0.29, 0.717) is 11.6 Å². The summed E-state index contributed by atoms with van der Waals surface area (Å²) in [6.07, 6.45) is 3.39. The smallest absolute Gasteiger partial charge is 0.270 e. The molecular weight excluding hydrogens is 291 g/mol. The molecule has 3 nitrogen and oxygen atoms in total. The number of nitrogens with one attached hydrogen (secondary N) is 1. The Labute approximate surface area is 109 Å². The van der Waals surface area contributed by atoms with Crippen molar-refractivity contribution in [2.45, 2.75) is 25.8 Å². The number of alkyl halides is 1. The average molecular weight is 306 g/mol. The summed E-state index contributed by atoms with van der Waals surface area (Å²) in [5, 5.41) is 2.88. The predicted octanol–water partition coefficient (Wildman–Crippen LogP) is 2.98. The molecular formula is C11H14BrClN2O. The number of hydrogen-bond donors (Lipinski definition) is 1. The second-order valence-corrected chi connectivity index (χ2v) is 4.86. The molecule has 0 aliphatic carbocycles. The molecule has 1 N–H and O–H groups in total. The average Bonchev–Trinajstić information content (AvgIpc) is 2.27. The fraction of sp³-hybridized carbons (Fsp3) is 0.455. The lowest BCUT2D eigenvalue weighted by Crippen LogP contribution is -2.33. The lowest BCUT2D eigenvalue weighted by Gasteiger charge is -2.12. The second kappa shape index (κ2) is 6.86. The van der Waals surface area contributed by atoms with Crippen LogP contribution in [0.4, 0.5) is 0 Å². The van der Waals surface area contributed by atoms with E-state index in [-0.39, 0.29) is 11.9 Å². The maximum atomic E-state index is 11.7. The largest absolute Gasteiger partial charge is 0.348 e. The van der Waals surface area contributed by atoms with Crippen LogP contribution in [0.2, 0.25) is 0 Å². The minimum Gasteiger partial charge on any atom is -0.348 e. The van der Waals surface area contributed by atoms with Crippen molar-refractivity contribution in [1.29, 1.82) is 0 Å². The van der Waals surface area contributed by atoms with Gasteiger partial charge in [-0.3, -0.25) is 4.79 Å². The van der Waals surface area contributed by atoms with Gasteiger partial charge in [-0.15, -0.1) is 11.6 Å². The van der Waals surface area contributed by atoms with Gasteiger partial charge in [0.25, 0.3) is 5.91 Å². The lowest BCUT2D eigenvalue weighted by atomic mass is 10.2. The van der Waals surface area contributed by atoms with Gasteiger partial charge in [0.15, 0.2) is 0 Å². The molecule has 1 unspecified atom stereocenters. The van der Waals surface area contributed by atoms with Crippen LogP contribution in [-0.4, -0.2) is 22.8 Å². The Balaban J connectivity index is 2.48. The SMILES string of the molecule is CC(CCCCl)NC(=O)c1ccc(Br)cn1. The first-order chi connectivity index (χ1) is 7.63. The van der Waals surface area contributed by atoms with Crippen LogP contribution in [0.3, 0.4) is 0 Å². The Morgan fingerprint density at radius 1 is 1.62 bits per heavy atom. The molecule has 1 amide bonds. The van der Waals surface area contributed by atoms with Gasteiger partial charge in [0.1, 0.15) is 5.69 Å². The van der Waals surface area contributed by atoms with Gasteiger partial charge in [0.2, 0.25) is 0 Å². The summed E-state index contributed by atoms with van der Waals surface area (Å²) in [4.78, 5) is 15.7. The molecule has 5 heteroatoms. The van der Waals surface area contributed by atoms with E-state index in [2.05, 4.69) is 26.2 Å². The molecule has 1 rings (SSSR count). The molecule has 0 bridgehead atoms. The highest BCUT2D eigenvalue weighted by atomic mass is 79.9. The maximum Gasteiger partial charge on any atom is 0.270 e. The van der Waals surface area contributed by atoms with Crippen molar-refractivity contribution in [3.8, 4) is 0 Å². The van der Waals surface area contributed by atoms with Gasteiger partial charge in [0, 0.05) is 22.6 Å². The maximum absolute atomic E-state index is 11.7. The third kappa shape index (κ3) is 4.49. The summed E-state index contributed by atoms with van der Waals surface area (Å²) in [5.41, 5.74) is 0.431. The summed E-state index contributed by atoms with van der Waals surface area (Å²) < 4.78 is 0.860. The van der Waals surface area contributed by atoms with Crippen LogP contribution in [0.25, 0.3) is 0 Å². The standard InChI is InChI=1S/C11H14BrClN2O/c1-8(3-2-6-13)15-11(16)10-5-4-9(12)7-14-10/h4-5,7-8H,2-3,6H2,1H3,(H,15,16). The number of amides is 1. The van der Waals surface area contributed by atoms with E-state index >= 15 is 0 Å². The van der Waals surface area contributed by atoms with E-state index in [9.17, 15) is 4.79 Å². The van der Waals surface area contributed by atoms with Gasteiger partial charge < -0.3 is 5.32 Å². The molecule has 0 saturated heterocycles. The van der Waals surface area contributed by atoms with Crippen molar-refractivity contribution >= 4 is 33.4 Å². The van der Waals surface area contributed by atoms with Gasteiger partial charge >= 0.3 is 0 Å². The molecule has 0 radical (unpaired) electrons. The first-order valence-electron chi connectivity index (χ1n) is 5.12. The highest BCUT2D eigenvalue weighted by molar-refractivity contribution is 9.10. The first kappa shape index (κ1) is 13.5. The number of rotatable bonds is 5. The van der Waals surface area contributed by atoms with Crippen LogP contribution in [0, 0.1) is 0 Å². The number of aromatic nitrogens is 1. The summed E-state index contributed by atoms with van der Waals surface area (Å²) >= 11 is 8.86. The first-order valence-corrected chi connectivity index (χ1v) is 6.44. The van der Waals surface area contributed by atoms with E-state index in [1.54, 1.807) is 18.3 Å². The van der Waals surface area contributed by atoms with Crippen LogP contribution < -0.4 is 5.32 Å². The van der Waals surface area contributed by atoms with Gasteiger partial charge in [-0.05, 0) is 47.8 Å². The Kier molecular flexibility index (Phi) is 5.77. The number of carbonyl (C=O) groups is 1. The predicted molar refractivity (Wildman–Crippen MR) is 68.8 cm³/mol. The molecule has 1 atom stereocenters. The Morgan fingerprint density at radius 3 is 2.94 bits per heavy atom. The van der Waals surface area contributed by atoms with Gasteiger partial charge in [-0.1, -0.05) is 0 Å². The Bertz CT molecular complexity index is 342. The minimum absolute atomic E-state index is 0.122. The highest BCUT2D eigenvalue weighted by Gasteiger charge is 2.10. The molecule has 0 aromatic carbocycles. The van der Waals surface area contributed by atoms with E-state index in [1.807, 2.05) is 6.92 Å². The Hall–Kier alpha value is -0.610. The van der Waals surface area contributed by atoms with Crippen LogP contribution >= 0.6 is 27.5 Å². The number of pyridine rings is 1. The van der Waals surface area contributed by atoms with Gasteiger partial charge in [0.05, 0.1) is 0 Å². The number of carbonyl (C=O) groups excluding carboxylic acids is 1. The second-order valence-electron chi connectivity index (χ2n) is 3.57. The van der Waals surface area contributed by atoms with Crippen molar-refractivity contribution in [3.63, 3.8) is 0 Å². The zero-order valence-electron chi connectivity index (χ0n) is 9.04. The summed E-state index contributed by atoms with van der Waals surface area (Å²) in [6.45, 7) is 1.96. The normalized spacial score (nSPS) is 12.2. The molecule has 0 aliphatic heterocycles. The van der Waals surface area contributed by atoms with Crippen molar-refractivity contribution < 1.29 is 4.79 Å². The molecule has 0 saturated carbocycles. The molecule has 16 heavy (non-hydrogen) atoms. The van der Waals surface area contributed by atoms with Crippen molar-refractivity contribution in [2.75, 3.05) is 5.88 Å². The van der Waals surface area contributed by atoms with Gasteiger partial charge in [-0.2, -0.15) is 0 Å². The monoisotopic (exact) mass is 304 g/mol. The zero-order chi connectivity index (χ0) is 12.0. The fourth-order valence-corrected chi connectivity index (χ4v) is 1.65. The number of halogens is 2. The zero-order valence-corrected chi connectivity index (χ0v) is 11.4. The van der Waals surface area contributed by atoms with Crippen LogP contribution in [-0.2, 0) is 0 Å². The lowest BCUT2D eigenvalue weighted by molar-refractivity contribution is 0.0933. The molecule has 88 valence electrons. The van der Waals surface area contributed by atoms with Gasteiger partial charge in [-0.25, -0.2) is 4.98 Å². The third-order valence-corrected chi connectivity index (χ3v) is 2.84. The van der Waals surface area contributed by atoms with Crippen LogP contribution in [0.1, 0.15) is 30.3 Å². The van der Waals surface area contributed by atoms with Crippen molar-refractivity contribution in [1.82, 2.24) is 10.3 Å². The number of hydrogen-bond acceptors (Lipinski definition) is 2. The summed E-state index contributed by atoms with van der Waals surface area (Å²) in [6, 6.07) is 3.61. The number of nitrogens with zero attached hydrogens (tertiary/aromatic N) is 1. The molecule has 0 fully saturated rings. The topological polar surface area (TPSA) is 42.0 Å². The molecule has 0 aliphatic rings. The molecule has 1 aromatic rings. The minimum atomic E-state index is -0.144. The third-order valence-electron chi connectivity index (χ3n) is 2.11. The molecule has 0 spiro atoms. The summed E-state index contributed by atoms with van der Waals surface area (Å²) in [7, 11) is 0. The van der Waals surface area contributed by atoms with E-state index in [0.717, 1.165) is 17.3 Å². The van der Waals surface area contributed by atoms with Crippen LogP contribution in [0.5, 0.6) is 0 Å². The van der Waals surface area contributed by atoms with Crippen molar-refractivity contribution in [3.05, 3.63) is 28.5 Å².